The van der Waals surface area contributed by atoms with Crippen LogP contribution in [0.3, 0.4) is 0 Å². The molecule has 0 radical (unpaired) electrons. The van der Waals surface area contributed by atoms with Crippen molar-refractivity contribution in [2.75, 3.05) is 0 Å². The van der Waals surface area contributed by atoms with Gasteiger partial charge in [0, 0.05) is 17.0 Å². The molecular weight excluding hydrogens is 206 g/mol. The number of furan rings is 1. The van der Waals surface area contributed by atoms with E-state index in [9.17, 15) is 9.90 Å². The Bertz CT molecular complexity index is 408. The van der Waals surface area contributed by atoms with E-state index in [-0.39, 0.29) is 23.5 Å². The number of carbonyl (C=O) groups is 1. The molecule has 1 fully saturated rings. The molecule has 1 amide bonds. The lowest BCUT2D eigenvalue weighted by atomic mass is 9.64. The van der Waals surface area contributed by atoms with Crippen molar-refractivity contribution in [2.45, 2.75) is 39.3 Å². The molecule has 0 bridgehead atoms. The maximum absolute atomic E-state index is 11.8. The van der Waals surface area contributed by atoms with E-state index < -0.39 is 0 Å². The third kappa shape index (κ3) is 1.63. The van der Waals surface area contributed by atoms with E-state index in [1.165, 1.54) is 6.26 Å². The topological polar surface area (TPSA) is 62.5 Å². The van der Waals surface area contributed by atoms with Crippen molar-refractivity contribution in [1.82, 2.24) is 5.32 Å². The Hall–Kier alpha value is -1.29. The normalized spacial score (nSPS) is 27.2. The third-order valence-corrected chi connectivity index (χ3v) is 3.59. The smallest absolute Gasteiger partial charge is 0.287 e. The van der Waals surface area contributed by atoms with E-state index in [0.717, 1.165) is 5.56 Å². The number of aliphatic hydroxyl groups excluding tert-OH is 1. The van der Waals surface area contributed by atoms with Crippen LogP contribution in [0.4, 0.5) is 0 Å². The van der Waals surface area contributed by atoms with Gasteiger partial charge in [0.05, 0.1) is 12.4 Å². The zero-order chi connectivity index (χ0) is 11.9. The summed E-state index contributed by atoms with van der Waals surface area (Å²) in [6, 6.07) is 1.77. The number of aryl methyl sites for hydroxylation is 1. The van der Waals surface area contributed by atoms with Gasteiger partial charge < -0.3 is 14.8 Å². The standard InChI is InChI=1S/C12H17NO3/c1-7-4-5-16-10(7)11(15)13-8-6-9(14)12(8,2)3/h4-5,8-9,14H,6H2,1-3H3,(H,13,15). The fourth-order valence-corrected chi connectivity index (χ4v) is 1.98. The second kappa shape index (κ2) is 3.63. The van der Waals surface area contributed by atoms with Crippen LogP contribution in [0.1, 0.15) is 36.4 Å². The monoisotopic (exact) mass is 223 g/mol. The minimum atomic E-state index is -0.338. The van der Waals surface area contributed by atoms with Gasteiger partial charge in [0.1, 0.15) is 0 Å². The minimum absolute atomic E-state index is 0.0134. The Balaban J connectivity index is 2.02. The van der Waals surface area contributed by atoms with Crippen LogP contribution in [0.25, 0.3) is 0 Å². The molecule has 4 nitrogen and oxygen atoms in total. The zero-order valence-electron chi connectivity index (χ0n) is 9.78. The number of rotatable bonds is 2. The molecule has 2 N–H and O–H groups in total. The molecule has 88 valence electrons. The Kier molecular flexibility index (Phi) is 2.54. The van der Waals surface area contributed by atoms with Gasteiger partial charge in [0.25, 0.3) is 5.91 Å². The number of carbonyl (C=O) groups excluding carboxylic acids is 1. The number of nitrogens with one attached hydrogen (secondary N) is 1. The molecule has 2 unspecified atom stereocenters. The molecule has 1 aliphatic rings. The summed E-state index contributed by atoms with van der Waals surface area (Å²) in [5.74, 6) is 0.157. The van der Waals surface area contributed by atoms with Crippen LogP contribution in [0.15, 0.2) is 16.7 Å². The van der Waals surface area contributed by atoms with Gasteiger partial charge in [-0.2, -0.15) is 0 Å². The second-order valence-corrected chi connectivity index (χ2v) is 5.03. The van der Waals surface area contributed by atoms with Crippen LogP contribution >= 0.6 is 0 Å². The minimum Gasteiger partial charge on any atom is -0.459 e. The summed E-state index contributed by atoms with van der Waals surface area (Å²) in [7, 11) is 0. The second-order valence-electron chi connectivity index (χ2n) is 5.03. The van der Waals surface area contributed by atoms with E-state index in [1.807, 2.05) is 20.8 Å². The predicted octanol–water partition coefficient (Wildman–Crippen LogP) is 1.48. The molecule has 0 saturated heterocycles. The van der Waals surface area contributed by atoms with Gasteiger partial charge in [0.2, 0.25) is 0 Å². The zero-order valence-corrected chi connectivity index (χ0v) is 9.78. The van der Waals surface area contributed by atoms with E-state index in [0.29, 0.717) is 12.2 Å². The highest BCUT2D eigenvalue weighted by molar-refractivity contribution is 5.93. The van der Waals surface area contributed by atoms with E-state index in [1.54, 1.807) is 6.07 Å². The number of hydrogen-bond acceptors (Lipinski definition) is 3. The third-order valence-electron chi connectivity index (χ3n) is 3.59. The van der Waals surface area contributed by atoms with Crippen LogP contribution in [-0.4, -0.2) is 23.2 Å². The van der Waals surface area contributed by atoms with E-state index in [2.05, 4.69) is 5.32 Å². The molecule has 0 aliphatic heterocycles. The van der Waals surface area contributed by atoms with Crippen molar-refractivity contribution < 1.29 is 14.3 Å². The highest BCUT2D eigenvalue weighted by Crippen LogP contribution is 2.40. The maximum atomic E-state index is 11.8. The van der Waals surface area contributed by atoms with Crippen LogP contribution in [0.2, 0.25) is 0 Å². The van der Waals surface area contributed by atoms with Crippen molar-refractivity contribution in [2.24, 2.45) is 5.41 Å². The molecule has 0 aromatic carbocycles. The molecule has 16 heavy (non-hydrogen) atoms. The summed E-state index contributed by atoms with van der Waals surface area (Å²) in [6.07, 6.45) is 1.78. The predicted molar refractivity (Wildman–Crippen MR) is 59.1 cm³/mol. The Morgan fingerprint density at radius 2 is 2.31 bits per heavy atom. The number of hydrogen-bond donors (Lipinski definition) is 2. The molecule has 0 spiro atoms. The van der Waals surface area contributed by atoms with Crippen molar-refractivity contribution in [3.63, 3.8) is 0 Å². The highest BCUT2D eigenvalue weighted by atomic mass is 16.3. The lowest BCUT2D eigenvalue weighted by Gasteiger charge is -2.49. The van der Waals surface area contributed by atoms with E-state index in [4.69, 9.17) is 4.42 Å². The Morgan fingerprint density at radius 1 is 1.62 bits per heavy atom. The lowest BCUT2D eigenvalue weighted by molar-refractivity contribution is -0.0691. The van der Waals surface area contributed by atoms with Gasteiger partial charge >= 0.3 is 0 Å². The summed E-state index contributed by atoms with van der Waals surface area (Å²) in [4.78, 5) is 11.8. The highest BCUT2D eigenvalue weighted by Gasteiger charge is 2.48. The molecular formula is C12H17NO3. The Morgan fingerprint density at radius 3 is 2.75 bits per heavy atom. The molecule has 1 aliphatic carbocycles. The van der Waals surface area contributed by atoms with Crippen LogP contribution in [0, 0.1) is 12.3 Å². The first-order chi connectivity index (χ1) is 7.43. The van der Waals surface area contributed by atoms with Crippen molar-refractivity contribution in [3.05, 3.63) is 23.7 Å². The van der Waals surface area contributed by atoms with Crippen molar-refractivity contribution >= 4 is 5.91 Å². The molecule has 1 aromatic rings. The maximum Gasteiger partial charge on any atom is 0.287 e. The lowest BCUT2D eigenvalue weighted by Crippen LogP contribution is -2.61. The average molecular weight is 223 g/mol. The fourth-order valence-electron chi connectivity index (χ4n) is 1.98. The molecule has 1 aromatic heterocycles. The first-order valence-corrected chi connectivity index (χ1v) is 5.46. The fraction of sp³-hybridized carbons (Fsp3) is 0.583. The first-order valence-electron chi connectivity index (χ1n) is 5.46. The van der Waals surface area contributed by atoms with Gasteiger partial charge in [-0.05, 0) is 19.4 Å². The largest absolute Gasteiger partial charge is 0.459 e. The summed E-state index contributed by atoms with van der Waals surface area (Å²) < 4.78 is 5.12. The van der Waals surface area contributed by atoms with Gasteiger partial charge in [0.15, 0.2) is 5.76 Å². The number of amides is 1. The summed E-state index contributed by atoms with van der Waals surface area (Å²) in [5, 5.41) is 12.5. The quantitative estimate of drug-likeness (QED) is 0.798. The molecule has 1 heterocycles. The molecule has 2 rings (SSSR count). The van der Waals surface area contributed by atoms with Crippen molar-refractivity contribution in [1.29, 1.82) is 0 Å². The summed E-state index contributed by atoms with van der Waals surface area (Å²) in [6.45, 7) is 5.72. The van der Waals surface area contributed by atoms with Gasteiger partial charge in [-0.15, -0.1) is 0 Å². The molecule has 4 heteroatoms. The van der Waals surface area contributed by atoms with Crippen molar-refractivity contribution in [3.8, 4) is 0 Å². The number of aliphatic hydroxyl groups is 1. The van der Waals surface area contributed by atoms with Gasteiger partial charge in [-0.25, -0.2) is 0 Å². The SMILES string of the molecule is Cc1ccoc1C(=O)NC1CC(O)C1(C)C. The van der Waals surface area contributed by atoms with E-state index >= 15 is 0 Å². The summed E-state index contributed by atoms with van der Waals surface area (Å²) >= 11 is 0. The van der Waals surface area contributed by atoms with Gasteiger partial charge in [-0.1, -0.05) is 13.8 Å². The summed E-state index contributed by atoms with van der Waals surface area (Å²) in [5.41, 5.74) is 0.575. The molecule has 2 atom stereocenters. The average Bonchev–Trinajstić information content (AvgIpc) is 2.64. The van der Waals surface area contributed by atoms with Crippen LogP contribution in [0.5, 0.6) is 0 Å². The first kappa shape index (κ1) is 11.2. The Labute approximate surface area is 94.6 Å². The molecule has 1 saturated carbocycles. The van der Waals surface area contributed by atoms with Gasteiger partial charge in [-0.3, -0.25) is 4.79 Å². The van der Waals surface area contributed by atoms with Crippen LogP contribution in [-0.2, 0) is 0 Å². The van der Waals surface area contributed by atoms with Crippen LogP contribution < -0.4 is 5.32 Å².